The van der Waals surface area contributed by atoms with Crippen LogP contribution >= 0.6 is 0 Å². The molecule has 0 fully saturated rings. The molecule has 2 aromatic heterocycles. The van der Waals surface area contributed by atoms with Gasteiger partial charge in [0.05, 0.1) is 5.69 Å². The maximum absolute atomic E-state index is 4.16. The Kier molecular flexibility index (Phi) is 1.89. The zero-order valence-corrected chi connectivity index (χ0v) is 5.65. The number of aryl methyl sites for hydroxylation is 1. The lowest BCUT2D eigenvalue weighted by molar-refractivity contribution is 1.11. The number of fused-ring (bicyclic) bond motifs is 1. The number of rotatable bonds is 0. The van der Waals surface area contributed by atoms with Gasteiger partial charge < -0.3 is 0 Å². The Morgan fingerprint density at radius 1 is 1.45 bits per heavy atom. The van der Waals surface area contributed by atoms with Crippen molar-refractivity contribution in [1.82, 2.24) is 14.4 Å². The Hall–Kier alpha value is -1.38. The average molecular weight is 149 g/mol. The van der Waals surface area contributed by atoms with Crippen LogP contribution in [0.1, 0.15) is 13.1 Å². The molecule has 0 aliphatic rings. The molecule has 3 heteroatoms. The number of nitrogens with zero attached hydrogens (tertiary/aromatic N) is 3. The molecule has 0 saturated carbocycles. The molecule has 58 valence electrons. The Labute approximate surface area is 65.7 Å². The fraction of sp³-hybridized carbons (Fsp3) is 0.250. The van der Waals surface area contributed by atoms with E-state index in [-0.39, 0.29) is 7.43 Å². The predicted molar refractivity (Wildman–Crippen MR) is 44.5 cm³/mol. The van der Waals surface area contributed by atoms with Crippen molar-refractivity contribution in [3.8, 4) is 0 Å². The Morgan fingerprint density at radius 2 is 2.27 bits per heavy atom. The van der Waals surface area contributed by atoms with E-state index in [1.807, 2.05) is 29.8 Å². The monoisotopic (exact) mass is 149 g/mol. The molecule has 0 aliphatic heterocycles. The van der Waals surface area contributed by atoms with Gasteiger partial charge in [0.25, 0.3) is 0 Å². The van der Waals surface area contributed by atoms with Gasteiger partial charge in [-0.2, -0.15) is 0 Å². The maximum Gasteiger partial charge on any atom is 0.233 e. The Balaban J connectivity index is 0.000000605. The second-order valence-electron chi connectivity index (χ2n) is 2.21. The average Bonchev–Trinajstić information content (AvgIpc) is 2.27. The van der Waals surface area contributed by atoms with Crippen LogP contribution in [0.4, 0.5) is 0 Å². The smallest absolute Gasteiger partial charge is 0.233 e. The highest BCUT2D eigenvalue weighted by molar-refractivity contribution is 5.28. The SMILES string of the molecule is C.Cc1cn2cccnc2n1. The van der Waals surface area contributed by atoms with Crippen LogP contribution in [-0.4, -0.2) is 14.4 Å². The van der Waals surface area contributed by atoms with Crippen LogP contribution in [0.3, 0.4) is 0 Å². The van der Waals surface area contributed by atoms with Gasteiger partial charge in [-0.25, -0.2) is 9.97 Å². The molecule has 2 rings (SSSR count). The molecule has 0 atom stereocenters. The van der Waals surface area contributed by atoms with Crippen molar-refractivity contribution in [2.45, 2.75) is 14.4 Å². The molecule has 3 nitrogen and oxygen atoms in total. The first kappa shape index (κ1) is 7.72. The van der Waals surface area contributed by atoms with Crippen molar-refractivity contribution >= 4 is 5.78 Å². The molecule has 0 bridgehead atoms. The van der Waals surface area contributed by atoms with E-state index >= 15 is 0 Å². The van der Waals surface area contributed by atoms with Crippen molar-refractivity contribution in [2.24, 2.45) is 0 Å². The van der Waals surface area contributed by atoms with Gasteiger partial charge in [0, 0.05) is 18.6 Å². The Bertz CT molecular complexity index is 318. The molecule has 0 amide bonds. The van der Waals surface area contributed by atoms with E-state index in [0.717, 1.165) is 11.5 Å². The highest BCUT2D eigenvalue weighted by Gasteiger charge is 1.93. The van der Waals surface area contributed by atoms with Crippen molar-refractivity contribution in [1.29, 1.82) is 0 Å². The van der Waals surface area contributed by atoms with Gasteiger partial charge in [-0.1, -0.05) is 7.43 Å². The molecule has 0 unspecified atom stereocenters. The highest BCUT2D eigenvalue weighted by atomic mass is 15.1. The van der Waals surface area contributed by atoms with Gasteiger partial charge in [-0.05, 0) is 13.0 Å². The maximum atomic E-state index is 4.16. The summed E-state index contributed by atoms with van der Waals surface area (Å²) in [4.78, 5) is 8.22. The third-order valence-corrected chi connectivity index (χ3v) is 1.36. The molecule has 0 aliphatic carbocycles. The van der Waals surface area contributed by atoms with E-state index < -0.39 is 0 Å². The van der Waals surface area contributed by atoms with Crippen LogP contribution in [-0.2, 0) is 0 Å². The molecule has 2 aromatic rings. The molecule has 2 heterocycles. The predicted octanol–water partition coefficient (Wildman–Crippen LogP) is 1.67. The highest BCUT2D eigenvalue weighted by Crippen LogP contribution is 1.98. The molecule has 0 aromatic carbocycles. The summed E-state index contributed by atoms with van der Waals surface area (Å²) in [6.45, 7) is 1.95. The van der Waals surface area contributed by atoms with Crippen molar-refractivity contribution in [2.75, 3.05) is 0 Å². The zero-order chi connectivity index (χ0) is 6.97. The summed E-state index contributed by atoms with van der Waals surface area (Å²) in [6, 6.07) is 1.88. The first-order valence-electron chi connectivity index (χ1n) is 3.12. The van der Waals surface area contributed by atoms with Gasteiger partial charge in [0.1, 0.15) is 0 Å². The van der Waals surface area contributed by atoms with Crippen LogP contribution < -0.4 is 0 Å². The lowest BCUT2D eigenvalue weighted by Gasteiger charge is -1.85. The van der Waals surface area contributed by atoms with Gasteiger partial charge in [0.2, 0.25) is 5.78 Å². The second-order valence-corrected chi connectivity index (χ2v) is 2.21. The standard InChI is InChI=1S/C7H7N3.CH4/c1-6-5-10-4-2-3-8-7(10)9-6;/h2-5H,1H3;1H4. The first-order chi connectivity index (χ1) is 4.86. The fourth-order valence-electron chi connectivity index (χ4n) is 0.950. The molecule has 0 N–H and O–H groups in total. The normalized spacial score (nSPS) is 9.55. The van der Waals surface area contributed by atoms with Crippen molar-refractivity contribution < 1.29 is 0 Å². The fourth-order valence-corrected chi connectivity index (χ4v) is 0.950. The van der Waals surface area contributed by atoms with Crippen LogP contribution in [0.2, 0.25) is 0 Å². The van der Waals surface area contributed by atoms with E-state index in [2.05, 4.69) is 9.97 Å². The number of hydrogen-bond donors (Lipinski definition) is 0. The molecule has 11 heavy (non-hydrogen) atoms. The number of aromatic nitrogens is 3. The third kappa shape index (κ3) is 1.22. The Morgan fingerprint density at radius 3 is 3.00 bits per heavy atom. The molecular formula is C8H11N3. The van der Waals surface area contributed by atoms with Crippen molar-refractivity contribution in [3.63, 3.8) is 0 Å². The molecule has 0 radical (unpaired) electrons. The minimum Gasteiger partial charge on any atom is -0.291 e. The summed E-state index contributed by atoms with van der Waals surface area (Å²) >= 11 is 0. The zero-order valence-electron chi connectivity index (χ0n) is 5.65. The van der Waals surface area contributed by atoms with E-state index in [4.69, 9.17) is 0 Å². The van der Waals surface area contributed by atoms with Gasteiger partial charge in [-0.3, -0.25) is 4.40 Å². The molecule has 0 saturated heterocycles. The van der Waals surface area contributed by atoms with E-state index in [1.54, 1.807) is 6.20 Å². The second kappa shape index (κ2) is 2.70. The molecular weight excluding hydrogens is 138 g/mol. The summed E-state index contributed by atoms with van der Waals surface area (Å²) in [5.41, 5.74) is 0.999. The summed E-state index contributed by atoms with van der Waals surface area (Å²) in [7, 11) is 0. The minimum atomic E-state index is 0. The van der Waals surface area contributed by atoms with E-state index in [0.29, 0.717) is 0 Å². The van der Waals surface area contributed by atoms with Crippen LogP contribution in [0, 0.1) is 6.92 Å². The van der Waals surface area contributed by atoms with E-state index in [9.17, 15) is 0 Å². The summed E-state index contributed by atoms with van der Waals surface area (Å²) < 4.78 is 1.90. The van der Waals surface area contributed by atoms with Crippen LogP contribution in [0.15, 0.2) is 24.7 Å². The van der Waals surface area contributed by atoms with Gasteiger partial charge in [0.15, 0.2) is 0 Å². The van der Waals surface area contributed by atoms with Crippen molar-refractivity contribution in [3.05, 3.63) is 30.4 Å². The van der Waals surface area contributed by atoms with Crippen LogP contribution in [0.5, 0.6) is 0 Å². The number of hydrogen-bond acceptors (Lipinski definition) is 2. The summed E-state index contributed by atoms with van der Waals surface area (Å²) in [5, 5.41) is 0. The lowest BCUT2D eigenvalue weighted by Crippen LogP contribution is -1.82. The summed E-state index contributed by atoms with van der Waals surface area (Å²) in [5.74, 6) is 0.764. The quantitative estimate of drug-likeness (QED) is 0.570. The lowest BCUT2D eigenvalue weighted by atomic mass is 10.6. The number of imidazole rings is 1. The summed E-state index contributed by atoms with van der Waals surface area (Å²) in [6.07, 6.45) is 5.62. The van der Waals surface area contributed by atoms with Gasteiger partial charge in [-0.15, -0.1) is 0 Å². The van der Waals surface area contributed by atoms with E-state index in [1.165, 1.54) is 0 Å². The molecule has 0 spiro atoms. The topological polar surface area (TPSA) is 30.2 Å². The largest absolute Gasteiger partial charge is 0.291 e. The first-order valence-corrected chi connectivity index (χ1v) is 3.12. The van der Waals surface area contributed by atoms with Crippen LogP contribution in [0.25, 0.3) is 5.78 Å². The minimum absolute atomic E-state index is 0. The van der Waals surface area contributed by atoms with Gasteiger partial charge >= 0.3 is 0 Å². The third-order valence-electron chi connectivity index (χ3n) is 1.36.